The van der Waals surface area contributed by atoms with Crippen LogP contribution >= 0.6 is 0 Å². The predicted molar refractivity (Wildman–Crippen MR) is 151 cm³/mol. The van der Waals surface area contributed by atoms with Crippen LogP contribution in [0, 0.1) is 5.41 Å². The van der Waals surface area contributed by atoms with E-state index >= 15 is 0 Å². The van der Waals surface area contributed by atoms with Gasteiger partial charge in [0.2, 0.25) is 0 Å². The van der Waals surface area contributed by atoms with E-state index in [-0.39, 0.29) is 29.7 Å². The number of benzene rings is 1. The fourth-order valence-electron chi connectivity index (χ4n) is 5.26. The molecule has 2 unspecified atom stereocenters. The van der Waals surface area contributed by atoms with Crippen molar-refractivity contribution < 1.29 is 14.6 Å². The SMILES string of the molecule is CC1COCCN1c1nc(-c2ccc(Nc3cc(=O)n(C)c(=O)[nH]3)cc2)nc2c1C(C(C)(C)C)CN(C(=O)O)C2. The summed E-state index contributed by atoms with van der Waals surface area (Å²) in [6.07, 6.45) is -0.967. The van der Waals surface area contributed by atoms with Crippen molar-refractivity contribution in [3.05, 3.63) is 62.4 Å². The minimum absolute atomic E-state index is 0.0845. The number of fused-ring (bicyclic) bond motifs is 1. The molecule has 12 nitrogen and oxygen atoms in total. The number of nitrogens with one attached hydrogen (secondary N) is 2. The Hall–Kier alpha value is -4.19. The van der Waals surface area contributed by atoms with Crippen molar-refractivity contribution in [2.24, 2.45) is 12.5 Å². The van der Waals surface area contributed by atoms with Gasteiger partial charge in [0, 0.05) is 48.9 Å². The average molecular weight is 550 g/mol. The largest absolute Gasteiger partial charge is 0.465 e. The van der Waals surface area contributed by atoms with Crippen LogP contribution in [0.15, 0.2) is 39.9 Å². The maximum atomic E-state index is 12.1. The highest BCUT2D eigenvalue weighted by molar-refractivity contribution is 5.69. The molecular weight excluding hydrogens is 514 g/mol. The number of morpholine rings is 1. The van der Waals surface area contributed by atoms with Gasteiger partial charge in [-0.1, -0.05) is 20.8 Å². The van der Waals surface area contributed by atoms with E-state index in [1.807, 2.05) is 24.3 Å². The number of ether oxygens (including phenoxy) is 1. The second-order valence-corrected chi connectivity index (χ2v) is 11.5. The Morgan fingerprint density at radius 1 is 1.18 bits per heavy atom. The molecule has 1 amide bonds. The predicted octanol–water partition coefficient (Wildman–Crippen LogP) is 3.12. The zero-order chi connectivity index (χ0) is 28.8. The lowest BCUT2D eigenvalue weighted by Gasteiger charge is -2.43. The van der Waals surface area contributed by atoms with Crippen LogP contribution in [-0.2, 0) is 18.3 Å². The smallest absolute Gasteiger partial charge is 0.407 e. The molecule has 2 aliphatic heterocycles. The Labute approximate surface area is 231 Å². The number of amides is 1. The van der Waals surface area contributed by atoms with Gasteiger partial charge in [-0.25, -0.2) is 19.6 Å². The number of hydrogen-bond acceptors (Lipinski definition) is 8. The summed E-state index contributed by atoms with van der Waals surface area (Å²) in [4.78, 5) is 52.3. The number of rotatable bonds is 4. The van der Waals surface area contributed by atoms with Crippen molar-refractivity contribution in [1.82, 2.24) is 24.4 Å². The highest BCUT2D eigenvalue weighted by Gasteiger charge is 2.40. The lowest BCUT2D eigenvalue weighted by molar-refractivity contribution is 0.0976. The second kappa shape index (κ2) is 10.4. The first-order chi connectivity index (χ1) is 18.9. The van der Waals surface area contributed by atoms with E-state index < -0.39 is 17.3 Å². The average Bonchev–Trinajstić information content (AvgIpc) is 2.90. The third-order valence-corrected chi connectivity index (χ3v) is 7.62. The first-order valence-corrected chi connectivity index (χ1v) is 13.3. The van der Waals surface area contributed by atoms with Crippen LogP contribution in [0.5, 0.6) is 0 Å². The molecular formula is C28H35N7O5. The summed E-state index contributed by atoms with van der Waals surface area (Å²) >= 11 is 0. The van der Waals surface area contributed by atoms with Crippen LogP contribution in [-0.4, -0.2) is 68.0 Å². The summed E-state index contributed by atoms with van der Waals surface area (Å²) in [5, 5.41) is 12.9. The van der Waals surface area contributed by atoms with Gasteiger partial charge in [-0.3, -0.25) is 14.3 Å². The van der Waals surface area contributed by atoms with Gasteiger partial charge in [-0.2, -0.15) is 0 Å². The standard InChI is InChI=1S/C28H35N7O5/c1-16-15-40-11-10-35(16)25-23-19(28(2,3)4)13-34(27(38)39)14-20(23)30-24(32-25)17-6-8-18(9-7-17)29-21-12-22(36)33(5)26(37)31-21/h6-9,12,16,19,29H,10-11,13-15H2,1-5H3,(H,31,37)(H,38,39). The number of carbonyl (C=O) groups is 1. The molecule has 2 aromatic heterocycles. The fourth-order valence-corrected chi connectivity index (χ4v) is 5.26. The van der Waals surface area contributed by atoms with Crippen molar-refractivity contribution in [2.45, 2.75) is 46.2 Å². The van der Waals surface area contributed by atoms with E-state index in [4.69, 9.17) is 14.7 Å². The van der Waals surface area contributed by atoms with Gasteiger partial charge in [0.1, 0.15) is 11.6 Å². The van der Waals surface area contributed by atoms with Crippen LogP contribution in [0.2, 0.25) is 0 Å². The summed E-state index contributed by atoms with van der Waals surface area (Å²) in [7, 11) is 1.41. The third kappa shape index (κ3) is 5.31. The molecule has 4 heterocycles. The monoisotopic (exact) mass is 549 g/mol. The van der Waals surface area contributed by atoms with E-state index in [1.165, 1.54) is 18.0 Å². The molecule has 1 aromatic carbocycles. The van der Waals surface area contributed by atoms with Crippen molar-refractivity contribution in [2.75, 3.05) is 36.5 Å². The zero-order valence-electron chi connectivity index (χ0n) is 23.4. The molecule has 1 fully saturated rings. The summed E-state index contributed by atoms with van der Waals surface area (Å²) in [6.45, 7) is 10.9. The van der Waals surface area contributed by atoms with Gasteiger partial charge in [-0.15, -0.1) is 0 Å². The second-order valence-electron chi connectivity index (χ2n) is 11.5. The fraction of sp³-hybridized carbons (Fsp3) is 0.464. The number of aromatic amines is 1. The normalized spacial score (nSPS) is 19.3. The van der Waals surface area contributed by atoms with Gasteiger partial charge in [0.05, 0.1) is 31.5 Å². The van der Waals surface area contributed by atoms with Crippen LogP contribution < -0.4 is 21.5 Å². The van der Waals surface area contributed by atoms with Crippen molar-refractivity contribution in [3.8, 4) is 11.4 Å². The Kier molecular flexibility index (Phi) is 7.13. The number of aromatic nitrogens is 4. The zero-order valence-corrected chi connectivity index (χ0v) is 23.4. The van der Waals surface area contributed by atoms with E-state index in [0.29, 0.717) is 43.5 Å². The quantitative estimate of drug-likeness (QED) is 0.447. The molecule has 212 valence electrons. The molecule has 0 saturated carbocycles. The van der Waals surface area contributed by atoms with Gasteiger partial charge < -0.3 is 25.0 Å². The highest BCUT2D eigenvalue weighted by Crippen LogP contribution is 2.45. The molecule has 3 aromatic rings. The van der Waals surface area contributed by atoms with E-state index in [0.717, 1.165) is 21.5 Å². The minimum Gasteiger partial charge on any atom is -0.465 e. The minimum atomic E-state index is -0.967. The summed E-state index contributed by atoms with van der Waals surface area (Å²) in [5.41, 5.74) is 2.00. The number of hydrogen-bond donors (Lipinski definition) is 3. The summed E-state index contributed by atoms with van der Waals surface area (Å²) in [5.74, 6) is 1.54. The molecule has 0 spiro atoms. The van der Waals surface area contributed by atoms with Gasteiger partial charge in [0.15, 0.2) is 5.82 Å². The molecule has 0 aliphatic carbocycles. The van der Waals surface area contributed by atoms with Crippen LogP contribution in [0.25, 0.3) is 11.4 Å². The van der Waals surface area contributed by atoms with E-state index in [1.54, 1.807) is 0 Å². The van der Waals surface area contributed by atoms with Crippen LogP contribution in [0.4, 0.5) is 22.1 Å². The summed E-state index contributed by atoms with van der Waals surface area (Å²) in [6, 6.07) is 8.76. The number of H-pyrrole nitrogens is 1. The number of nitrogens with zero attached hydrogens (tertiary/aromatic N) is 5. The molecule has 0 radical (unpaired) electrons. The Bertz CT molecular complexity index is 1510. The maximum Gasteiger partial charge on any atom is 0.407 e. The van der Waals surface area contributed by atoms with E-state index in [9.17, 15) is 19.5 Å². The molecule has 2 aliphatic rings. The van der Waals surface area contributed by atoms with Gasteiger partial charge >= 0.3 is 11.8 Å². The van der Waals surface area contributed by atoms with Crippen molar-refractivity contribution in [1.29, 1.82) is 0 Å². The summed E-state index contributed by atoms with van der Waals surface area (Å²) < 4.78 is 6.69. The molecule has 1 saturated heterocycles. The molecule has 12 heteroatoms. The Morgan fingerprint density at radius 3 is 2.52 bits per heavy atom. The maximum absolute atomic E-state index is 12.1. The van der Waals surface area contributed by atoms with Crippen molar-refractivity contribution >= 4 is 23.4 Å². The van der Waals surface area contributed by atoms with Crippen molar-refractivity contribution in [3.63, 3.8) is 0 Å². The molecule has 0 bridgehead atoms. The Balaban J connectivity index is 1.57. The van der Waals surface area contributed by atoms with E-state index in [2.05, 4.69) is 42.9 Å². The Morgan fingerprint density at radius 2 is 1.90 bits per heavy atom. The van der Waals surface area contributed by atoms with Gasteiger partial charge in [0.25, 0.3) is 5.56 Å². The van der Waals surface area contributed by atoms with Crippen LogP contribution in [0.3, 0.4) is 0 Å². The number of carboxylic acid groups (broad SMARTS) is 1. The lowest BCUT2D eigenvalue weighted by atomic mass is 9.74. The van der Waals surface area contributed by atoms with Crippen LogP contribution in [0.1, 0.15) is 44.9 Å². The lowest BCUT2D eigenvalue weighted by Crippen LogP contribution is -2.47. The third-order valence-electron chi connectivity index (χ3n) is 7.62. The molecule has 40 heavy (non-hydrogen) atoms. The highest BCUT2D eigenvalue weighted by atomic mass is 16.5. The molecule has 3 N–H and O–H groups in total. The van der Waals surface area contributed by atoms with Gasteiger partial charge in [-0.05, 0) is 36.6 Å². The first kappa shape index (κ1) is 27.4. The topological polar surface area (TPSA) is 146 Å². The molecule has 2 atom stereocenters. The molecule has 5 rings (SSSR count). The number of anilines is 3. The first-order valence-electron chi connectivity index (χ1n) is 13.3.